The van der Waals surface area contributed by atoms with Gasteiger partial charge in [-0.3, -0.25) is 4.68 Å². The number of nitrogens with one attached hydrogen (secondary N) is 1. The molecule has 1 aliphatic rings. The van der Waals surface area contributed by atoms with E-state index in [2.05, 4.69) is 23.4 Å². The van der Waals surface area contributed by atoms with Crippen LogP contribution in [0.3, 0.4) is 0 Å². The average molecular weight is 195 g/mol. The van der Waals surface area contributed by atoms with E-state index in [4.69, 9.17) is 4.74 Å². The zero-order chi connectivity index (χ0) is 9.97. The standard InChI is InChI=1S/C10H17N3O/c1-8-5-9(2)13(12-8)3-4-14-10-6-11-7-10/h5,10-11H,3-4,6-7H2,1-2H3. The third kappa shape index (κ3) is 2.13. The van der Waals surface area contributed by atoms with Crippen LogP contribution >= 0.6 is 0 Å². The van der Waals surface area contributed by atoms with Crippen LogP contribution in [0.25, 0.3) is 0 Å². The minimum atomic E-state index is 0.423. The summed E-state index contributed by atoms with van der Waals surface area (Å²) in [7, 11) is 0. The lowest BCUT2D eigenvalue weighted by Gasteiger charge is -2.27. The molecule has 2 rings (SSSR count). The molecule has 1 fully saturated rings. The monoisotopic (exact) mass is 195 g/mol. The van der Waals surface area contributed by atoms with Gasteiger partial charge in [-0.1, -0.05) is 0 Å². The fourth-order valence-corrected chi connectivity index (χ4v) is 1.59. The molecule has 2 heterocycles. The second-order valence-electron chi connectivity index (χ2n) is 3.80. The summed E-state index contributed by atoms with van der Waals surface area (Å²) in [5.41, 5.74) is 2.28. The molecule has 0 amide bonds. The minimum Gasteiger partial charge on any atom is -0.374 e. The van der Waals surface area contributed by atoms with Gasteiger partial charge in [-0.15, -0.1) is 0 Å². The van der Waals surface area contributed by atoms with Gasteiger partial charge >= 0.3 is 0 Å². The highest BCUT2D eigenvalue weighted by Crippen LogP contribution is 2.03. The molecule has 0 atom stereocenters. The fourth-order valence-electron chi connectivity index (χ4n) is 1.59. The molecule has 1 aromatic heterocycles. The van der Waals surface area contributed by atoms with E-state index < -0.39 is 0 Å². The number of aromatic nitrogens is 2. The van der Waals surface area contributed by atoms with E-state index in [0.29, 0.717) is 6.10 Å². The second kappa shape index (κ2) is 4.11. The van der Waals surface area contributed by atoms with E-state index in [-0.39, 0.29) is 0 Å². The molecule has 1 aliphatic heterocycles. The number of nitrogens with zero attached hydrogens (tertiary/aromatic N) is 2. The highest BCUT2D eigenvalue weighted by atomic mass is 16.5. The number of hydrogen-bond donors (Lipinski definition) is 1. The maximum atomic E-state index is 5.62. The zero-order valence-electron chi connectivity index (χ0n) is 8.79. The summed E-state index contributed by atoms with van der Waals surface area (Å²) in [6.45, 7) is 7.70. The highest BCUT2D eigenvalue weighted by Gasteiger charge is 2.16. The van der Waals surface area contributed by atoms with Crippen molar-refractivity contribution >= 4 is 0 Å². The van der Waals surface area contributed by atoms with E-state index >= 15 is 0 Å². The van der Waals surface area contributed by atoms with Gasteiger partial charge in [-0.25, -0.2) is 0 Å². The maximum Gasteiger partial charge on any atom is 0.0824 e. The van der Waals surface area contributed by atoms with Crippen LogP contribution in [0.15, 0.2) is 6.07 Å². The molecule has 0 spiro atoms. The molecule has 78 valence electrons. The minimum absolute atomic E-state index is 0.423. The lowest BCUT2D eigenvalue weighted by Crippen LogP contribution is -2.48. The summed E-state index contributed by atoms with van der Waals surface area (Å²) in [4.78, 5) is 0. The first kappa shape index (κ1) is 9.68. The van der Waals surface area contributed by atoms with Crippen molar-refractivity contribution in [2.75, 3.05) is 19.7 Å². The van der Waals surface area contributed by atoms with Crippen molar-refractivity contribution in [2.45, 2.75) is 26.5 Å². The molecule has 0 aliphatic carbocycles. The first-order valence-corrected chi connectivity index (χ1v) is 5.09. The molecule has 0 bridgehead atoms. The summed E-state index contributed by atoms with van der Waals surface area (Å²) in [5, 5.41) is 7.55. The van der Waals surface area contributed by atoms with E-state index in [1.54, 1.807) is 0 Å². The number of hydrogen-bond acceptors (Lipinski definition) is 3. The van der Waals surface area contributed by atoms with Crippen LogP contribution in [0.2, 0.25) is 0 Å². The SMILES string of the molecule is Cc1cc(C)n(CCOC2CNC2)n1. The Morgan fingerprint density at radius 2 is 2.36 bits per heavy atom. The van der Waals surface area contributed by atoms with Crippen molar-refractivity contribution in [3.8, 4) is 0 Å². The van der Waals surface area contributed by atoms with Gasteiger partial charge in [0.05, 0.1) is 24.9 Å². The number of rotatable bonds is 4. The number of aryl methyl sites for hydroxylation is 2. The van der Waals surface area contributed by atoms with Gasteiger partial charge in [0.25, 0.3) is 0 Å². The van der Waals surface area contributed by atoms with Gasteiger partial charge in [0.15, 0.2) is 0 Å². The fraction of sp³-hybridized carbons (Fsp3) is 0.700. The predicted octanol–water partition coefficient (Wildman–Crippen LogP) is 0.488. The van der Waals surface area contributed by atoms with Crippen molar-refractivity contribution in [3.63, 3.8) is 0 Å². The summed E-state index contributed by atoms with van der Waals surface area (Å²) < 4.78 is 7.62. The van der Waals surface area contributed by atoms with E-state index in [0.717, 1.165) is 31.9 Å². The Hall–Kier alpha value is -0.870. The average Bonchev–Trinajstić information content (AvgIpc) is 2.36. The van der Waals surface area contributed by atoms with Crippen molar-refractivity contribution in [3.05, 3.63) is 17.5 Å². The van der Waals surface area contributed by atoms with Crippen LogP contribution in [-0.4, -0.2) is 35.6 Å². The lowest BCUT2D eigenvalue weighted by molar-refractivity contribution is 0.0135. The largest absolute Gasteiger partial charge is 0.374 e. The second-order valence-corrected chi connectivity index (χ2v) is 3.80. The van der Waals surface area contributed by atoms with Crippen LogP contribution < -0.4 is 5.32 Å². The zero-order valence-corrected chi connectivity index (χ0v) is 8.79. The molecule has 14 heavy (non-hydrogen) atoms. The molecule has 1 saturated heterocycles. The van der Waals surface area contributed by atoms with Gasteiger partial charge in [-0.2, -0.15) is 5.10 Å². The molecule has 1 N–H and O–H groups in total. The van der Waals surface area contributed by atoms with Gasteiger partial charge < -0.3 is 10.1 Å². The first-order chi connectivity index (χ1) is 6.75. The molecule has 0 saturated carbocycles. The van der Waals surface area contributed by atoms with Gasteiger partial charge in [0.2, 0.25) is 0 Å². The normalized spacial score (nSPS) is 17.0. The first-order valence-electron chi connectivity index (χ1n) is 5.09. The Morgan fingerprint density at radius 1 is 1.57 bits per heavy atom. The molecule has 1 aromatic rings. The van der Waals surface area contributed by atoms with Crippen molar-refractivity contribution < 1.29 is 4.74 Å². The van der Waals surface area contributed by atoms with Crippen molar-refractivity contribution in [2.24, 2.45) is 0 Å². The predicted molar refractivity (Wildman–Crippen MR) is 54.3 cm³/mol. The molecular formula is C10H17N3O. The van der Waals surface area contributed by atoms with Crippen LogP contribution in [0.4, 0.5) is 0 Å². The van der Waals surface area contributed by atoms with E-state index in [1.165, 1.54) is 5.69 Å². The van der Waals surface area contributed by atoms with E-state index in [1.807, 2.05) is 11.6 Å². The van der Waals surface area contributed by atoms with Crippen LogP contribution in [0, 0.1) is 13.8 Å². The molecule has 4 heteroatoms. The van der Waals surface area contributed by atoms with Crippen LogP contribution in [-0.2, 0) is 11.3 Å². The summed E-state index contributed by atoms with van der Waals surface area (Å²) in [6.07, 6.45) is 0.423. The topological polar surface area (TPSA) is 39.1 Å². The Morgan fingerprint density at radius 3 is 2.86 bits per heavy atom. The molecular weight excluding hydrogens is 178 g/mol. The summed E-state index contributed by atoms with van der Waals surface area (Å²) in [5.74, 6) is 0. The van der Waals surface area contributed by atoms with Crippen molar-refractivity contribution in [1.29, 1.82) is 0 Å². The van der Waals surface area contributed by atoms with Gasteiger partial charge in [0.1, 0.15) is 0 Å². The lowest BCUT2D eigenvalue weighted by atomic mass is 10.2. The highest BCUT2D eigenvalue weighted by molar-refractivity contribution is 5.06. The molecule has 0 aromatic carbocycles. The van der Waals surface area contributed by atoms with Crippen LogP contribution in [0.1, 0.15) is 11.4 Å². The summed E-state index contributed by atoms with van der Waals surface area (Å²) in [6, 6.07) is 2.09. The van der Waals surface area contributed by atoms with Gasteiger partial charge in [0, 0.05) is 18.8 Å². The number of ether oxygens (including phenoxy) is 1. The Balaban J connectivity index is 1.76. The van der Waals surface area contributed by atoms with E-state index in [9.17, 15) is 0 Å². The molecule has 0 radical (unpaired) electrons. The Kier molecular flexibility index (Phi) is 2.84. The third-order valence-corrected chi connectivity index (χ3v) is 2.50. The molecule has 4 nitrogen and oxygen atoms in total. The maximum absolute atomic E-state index is 5.62. The third-order valence-electron chi connectivity index (χ3n) is 2.50. The smallest absolute Gasteiger partial charge is 0.0824 e. The summed E-state index contributed by atoms with van der Waals surface area (Å²) >= 11 is 0. The van der Waals surface area contributed by atoms with Crippen molar-refractivity contribution in [1.82, 2.24) is 15.1 Å². The Labute approximate surface area is 84.3 Å². The molecule has 0 unspecified atom stereocenters. The Bertz CT molecular complexity index is 304. The quantitative estimate of drug-likeness (QED) is 0.760. The van der Waals surface area contributed by atoms with Gasteiger partial charge in [-0.05, 0) is 19.9 Å². The van der Waals surface area contributed by atoms with Crippen LogP contribution in [0.5, 0.6) is 0 Å².